The summed E-state index contributed by atoms with van der Waals surface area (Å²) in [4.78, 5) is 14.4. The van der Waals surface area contributed by atoms with Crippen molar-refractivity contribution in [2.24, 2.45) is 11.7 Å². The summed E-state index contributed by atoms with van der Waals surface area (Å²) in [6, 6.07) is 4.28. The second-order valence-electron chi connectivity index (χ2n) is 8.47. The van der Waals surface area contributed by atoms with Gasteiger partial charge in [0.1, 0.15) is 11.6 Å². The minimum Gasteiger partial charge on any atom is -0.366 e. The van der Waals surface area contributed by atoms with E-state index in [0.29, 0.717) is 29.5 Å². The van der Waals surface area contributed by atoms with Crippen LogP contribution in [-0.2, 0) is 4.79 Å². The van der Waals surface area contributed by atoms with Crippen molar-refractivity contribution in [3.8, 4) is 0 Å². The summed E-state index contributed by atoms with van der Waals surface area (Å²) in [7, 11) is 0. The molecule has 0 spiro atoms. The third kappa shape index (κ3) is 4.62. The molecular weight excluding hydrogens is 358 g/mol. The van der Waals surface area contributed by atoms with Gasteiger partial charge in [0.05, 0.1) is 0 Å². The molecule has 1 aliphatic carbocycles. The van der Waals surface area contributed by atoms with Gasteiger partial charge in [0.2, 0.25) is 5.91 Å². The van der Waals surface area contributed by atoms with Gasteiger partial charge in [0.25, 0.3) is 0 Å². The third-order valence-electron chi connectivity index (χ3n) is 6.80. The fourth-order valence-electron chi connectivity index (χ4n) is 5.08. The van der Waals surface area contributed by atoms with E-state index in [2.05, 4.69) is 11.8 Å². The summed E-state index contributed by atoms with van der Waals surface area (Å²) in [6.07, 6.45) is 9.20. The van der Waals surface area contributed by atoms with E-state index in [1.54, 1.807) is 6.92 Å². The van der Waals surface area contributed by atoms with Crippen LogP contribution in [0.1, 0.15) is 70.8 Å². The quantitative estimate of drug-likeness (QED) is 0.691. The first-order chi connectivity index (χ1) is 13.4. The molecule has 3 rings (SSSR count). The summed E-state index contributed by atoms with van der Waals surface area (Å²) < 4.78 is 27.9. The number of likely N-dealkylation sites (tertiary alicyclic amines) is 1. The zero-order chi connectivity index (χ0) is 20.3. The maximum absolute atomic E-state index is 14.5. The van der Waals surface area contributed by atoms with Crippen LogP contribution in [0.15, 0.2) is 23.8 Å². The number of hydrogen-bond acceptors (Lipinski definition) is 2. The lowest BCUT2D eigenvalue weighted by Gasteiger charge is -2.38. The number of primary amides is 1. The number of nitrogens with zero attached hydrogens (tertiary/aromatic N) is 1. The fourth-order valence-corrected chi connectivity index (χ4v) is 5.08. The molecule has 1 saturated heterocycles. The molecule has 154 valence electrons. The van der Waals surface area contributed by atoms with Gasteiger partial charge in [-0.2, -0.15) is 0 Å². The van der Waals surface area contributed by atoms with Gasteiger partial charge >= 0.3 is 0 Å². The molecule has 1 saturated carbocycles. The van der Waals surface area contributed by atoms with Crippen molar-refractivity contribution in [1.82, 2.24) is 4.90 Å². The number of amides is 1. The average Bonchev–Trinajstić information content (AvgIpc) is 3.14. The highest BCUT2D eigenvalue weighted by molar-refractivity contribution is 5.99. The smallest absolute Gasteiger partial charge is 0.244 e. The molecule has 2 N–H and O–H groups in total. The maximum Gasteiger partial charge on any atom is 0.244 e. The molecule has 1 amide bonds. The van der Waals surface area contributed by atoms with Crippen LogP contribution >= 0.6 is 0 Å². The van der Waals surface area contributed by atoms with E-state index in [9.17, 15) is 13.6 Å². The molecule has 2 atom stereocenters. The highest BCUT2D eigenvalue weighted by atomic mass is 19.1. The molecule has 2 fully saturated rings. The van der Waals surface area contributed by atoms with Crippen LogP contribution < -0.4 is 5.73 Å². The summed E-state index contributed by atoms with van der Waals surface area (Å²) >= 11 is 0. The van der Waals surface area contributed by atoms with Crippen LogP contribution in [0.2, 0.25) is 0 Å². The van der Waals surface area contributed by atoms with Crippen molar-refractivity contribution in [2.45, 2.75) is 77.3 Å². The molecule has 2 unspecified atom stereocenters. The van der Waals surface area contributed by atoms with Gasteiger partial charge < -0.3 is 5.73 Å². The number of halogens is 2. The Bertz CT molecular complexity index is 740. The molecular formula is C23H32F2N2O. The number of rotatable bonds is 6. The Kier molecular flexibility index (Phi) is 6.86. The predicted octanol–water partition coefficient (Wildman–Crippen LogP) is 5.05. The Morgan fingerprint density at radius 1 is 1.18 bits per heavy atom. The van der Waals surface area contributed by atoms with Crippen LogP contribution in [0.3, 0.4) is 0 Å². The van der Waals surface area contributed by atoms with Gasteiger partial charge in [-0.15, -0.1) is 0 Å². The van der Waals surface area contributed by atoms with Gasteiger partial charge in [0.15, 0.2) is 0 Å². The van der Waals surface area contributed by atoms with Gasteiger partial charge in [-0.05, 0) is 76.1 Å². The Morgan fingerprint density at radius 3 is 2.54 bits per heavy atom. The molecule has 0 radical (unpaired) electrons. The zero-order valence-electron chi connectivity index (χ0n) is 17.0. The lowest BCUT2D eigenvalue weighted by atomic mass is 9.83. The van der Waals surface area contributed by atoms with E-state index in [1.165, 1.54) is 44.2 Å². The lowest BCUT2D eigenvalue weighted by molar-refractivity contribution is -0.114. The minimum atomic E-state index is -0.638. The normalized spacial score (nSPS) is 23.5. The summed E-state index contributed by atoms with van der Waals surface area (Å²) in [5.41, 5.74) is 6.79. The second kappa shape index (κ2) is 9.17. The fraction of sp³-hybridized carbons (Fsp3) is 0.609. The van der Waals surface area contributed by atoms with Crippen LogP contribution in [0.4, 0.5) is 8.78 Å². The Labute approximate surface area is 167 Å². The molecule has 28 heavy (non-hydrogen) atoms. The topological polar surface area (TPSA) is 46.3 Å². The summed E-state index contributed by atoms with van der Waals surface area (Å²) in [5, 5.41) is 0. The largest absolute Gasteiger partial charge is 0.366 e. The van der Waals surface area contributed by atoms with Crippen molar-refractivity contribution in [3.63, 3.8) is 0 Å². The first-order valence-corrected chi connectivity index (χ1v) is 10.6. The van der Waals surface area contributed by atoms with E-state index in [0.717, 1.165) is 25.5 Å². The van der Waals surface area contributed by atoms with Crippen molar-refractivity contribution in [1.29, 1.82) is 0 Å². The molecule has 5 heteroatoms. The molecule has 1 aromatic carbocycles. The van der Waals surface area contributed by atoms with Crippen LogP contribution in [0, 0.1) is 17.6 Å². The maximum atomic E-state index is 14.5. The summed E-state index contributed by atoms with van der Waals surface area (Å²) in [5.74, 6) is -1.10. The Hall–Kier alpha value is -1.75. The first kappa shape index (κ1) is 21.0. The number of carbonyl (C=O) groups is 1. The van der Waals surface area contributed by atoms with Crippen molar-refractivity contribution in [3.05, 3.63) is 41.0 Å². The van der Waals surface area contributed by atoms with E-state index in [4.69, 9.17) is 5.73 Å². The molecule has 1 aromatic rings. The van der Waals surface area contributed by atoms with Gasteiger partial charge in [-0.3, -0.25) is 9.69 Å². The average molecular weight is 391 g/mol. The van der Waals surface area contributed by atoms with Crippen molar-refractivity contribution < 1.29 is 13.6 Å². The summed E-state index contributed by atoms with van der Waals surface area (Å²) in [6.45, 7) is 5.00. The molecule has 0 bridgehead atoms. The molecule has 0 aromatic heterocycles. The number of hydrogen-bond donors (Lipinski definition) is 1. The molecule has 3 nitrogen and oxygen atoms in total. The Balaban J connectivity index is 1.85. The highest BCUT2D eigenvalue weighted by Gasteiger charge is 2.34. The standard InChI is InChI=1S/C23H32F2N2O/c1-15(23(26)28)21(20-11-10-18(24)13-22(20)25)14-19-9-6-12-27(19)16(2)17-7-4-3-5-8-17/h10-11,13,16-17,19H,3-9,12,14H2,1-2H3,(H2,26,28). The van der Waals surface area contributed by atoms with E-state index in [1.807, 2.05) is 0 Å². The van der Waals surface area contributed by atoms with Gasteiger partial charge in [-0.25, -0.2) is 8.78 Å². The second-order valence-corrected chi connectivity index (χ2v) is 8.47. The third-order valence-corrected chi connectivity index (χ3v) is 6.80. The minimum absolute atomic E-state index is 0.255. The molecule has 2 aliphatic rings. The van der Waals surface area contributed by atoms with E-state index in [-0.39, 0.29) is 11.6 Å². The van der Waals surface area contributed by atoms with Gasteiger partial charge in [0, 0.05) is 29.3 Å². The van der Waals surface area contributed by atoms with E-state index >= 15 is 0 Å². The lowest BCUT2D eigenvalue weighted by Crippen LogP contribution is -2.42. The monoisotopic (exact) mass is 390 g/mol. The number of carbonyl (C=O) groups excluding carboxylic acids is 1. The molecule has 1 heterocycles. The van der Waals surface area contributed by atoms with Crippen LogP contribution in [-0.4, -0.2) is 29.4 Å². The molecule has 1 aliphatic heterocycles. The van der Waals surface area contributed by atoms with Crippen LogP contribution in [0.5, 0.6) is 0 Å². The SMILES string of the molecule is CC(C(N)=O)=C(CC1CCCN1C(C)C1CCCCC1)c1ccc(F)cc1F. The predicted molar refractivity (Wildman–Crippen MR) is 109 cm³/mol. The van der Waals surface area contributed by atoms with Gasteiger partial charge in [-0.1, -0.05) is 19.3 Å². The van der Waals surface area contributed by atoms with E-state index < -0.39 is 17.5 Å². The Morgan fingerprint density at radius 2 is 1.89 bits per heavy atom. The number of nitrogens with two attached hydrogens (primary N) is 1. The highest BCUT2D eigenvalue weighted by Crippen LogP contribution is 2.36. The first-order valence-electron chi connectivity index (χ1n) is 10.6. The zero-order valence-corrected chi connectivity index (χ0v) is 17.0. The van der Waals surface area contributed by atoms with Crippen LogP contribution in [0.25, 0.3) is 5.57 Å². The van der Waals surface area contributed by atoms with Crippen molar-refractivity contribution >= 4 is 11.5 Å². The number of benzene rings is 1. The van der Waals surface area contributed by atoms with Crippen molar-refractivity contribution in [2.75, 3.05) is 6.54 Å².